The molecule has 3 N–H and O–H groups in total. The molecular formula is H6LaO8P3. The van der Waals surface area contributed by atoms with E-state index in [0.29, 0.717) is 0 Å². The summed E-state index contributed by atoms with van der Waals surface area (Å²) in [4.78, 5) is 47.2. The van der Waals surface area contributed by atoms with E-state index in [0.717, 1.165) is 0 Å². The van der Waals surface area contributed by atoms with Crippen LogP contribution in [-0.2, 0) is 9.13 Å². The van der Waals surface area contributed by atoms with Crippen molar-refractivity contribution in [3.05, 3.63) is 0 Å². The molecule has 0 saturated carbocycles. The van der Waals surface area contributed by atoms with Crippen LogP contribution in [0.3, 0.4) is 0 Å². The summed E-state index contributed by atoms with van der Waals surface area (Å²) in [6.07, 6.45) is 0. The van der Waals surface area contributed by atoms with Gasteiger partial charge < -0.3 is 33.9 Å². The predicted octanol–water partition coefficient (Wildman–Crippen LogP) is -3.70. The summed E-state index contributed by atoms with van der Waals surface area (Å²) < 4.78 is 17.4. The van der Waals surface area contributed by atoms with Crippen LogP contribution in [0.1, 0.15) is 0 Å². The standard InChI is InChI=1S/La.2H3O4P.H3P/c;2*1-5(2,3)4;/h;2*(H3,1,2,3,4);1H3/q+3;;;/p-3. The van der Waals surface area contributed by atoms with E-state index in [1.807, 2.05) is 0 Å². The molecule has 1 unspecified atom stereocenters. The molecule has 1 atom stereocenters. The van der Waals surface area contributed by atoms with Crippen LogP contribution in [0, 0.1) is 35.6 Å². The van der Waals surface area contributed by atoms with Crippen LogP contribution in [0.2, 0.25) is 0 Å². The molecule has 72 valence electrons. The van der Waals surface area contributed by atoms with Gasteiger partial charge >= 0.3 is 43.4 Å². The van der Waals surface area contributed by atoms with Gasteiger partial charge in [0.25, 0.3) is 0 Å². The molecule has 0 aromatic heterocycles. The third-order valence-corrected chi connectivity index (χ3v) is 0. The van der Waals surface area contributed by atoms with Gasteiger partial charge in [-0.15, -0.1) is 0 Å². The molecule has 0 radical (unpaired) electrons. The van der Waals surface area contributed by atoms with E-state index in [2.05, 4.69) is 0 Å². The molecule has 8 nitrogen and oxygen atoms in total. The third kappa shape index (κ3) is 409. The minimum atomic E-state index is -5.39. The van der Waals surface area contributed by atoms with Gasteiger partial charge in [0, 0.05) is 0 Å². The summed E-state index contributed by atoms with van der Waals surface area (Å²) in [5.41, 5.74) is 0. The molecule has 12 heavy (non-hydrogen) atoms. The molecule has 0 aliphatic rings. The van der Waals surface area contributed by atoms with Gasteiger partial charge in [-0.25, -0.2) is 4.57 Å². The van der Waals surface area contributed by atoms with E-state index in [4.69, 9.17) is 38.5 Å². The molecule has 12 heteroatoms. The zero-order valence-electron chi connectivity index (χ0n) is 5.56. The largest absolute Gasteiger partial charge is 3.00 e. The van der Waals surface area contributed by atoms with Crippen molar-refractivity contribution in [1.82, 2.24) is 0 Å². The van der Waals surface area contributed by atoms with Crippen molar-refractivity contribution in [3.63, 3.8) is 0 Å². The zero-order valence-corrected chi connectivity index (χ0v) is 12.4. The summed E-state index contributed by atoms with van der Waals surface area (Å²) in [5.74, 6) is 0. The fourth-order valence-corrected chi connectivity index (χ4v) is 0. The Morgan fingerprint density at radius 3 is 0.917 bits per heavy atom. The van der Waals surface area contributed by atoms with Crippen molar-refractivity contribution in [2.24, 2.45) is 0 Å². The van der Waals surface area contributed by atoms with E-state index in [1.54, 1.807) is 0 Å². The van der Waals surface area contributed by atoms with Crippen molar-refractivity contribution >= 4 is 25.5 Å². The van der Waals surface area contributed by atoms with Crippen LogP contribution < -0.4 is 14.7 Å². The molecule has 0 bridgehead atoms. The van der Waals surface area contributed by atoms with Crippen LogP contribution in [0.4, 0.5) is 0 Å². The SMILES string of the molecule is O=P(O)(O)O.O=P([O-])([O-])[O-].P.[La+3]. The third-order valence-electron chi connectivity index (χ3n) is 0. The minimum absolute atomic E-state index is 0. The Balaban J connectivity index is -0.0000000457. The smallest absolute Gasteiger partial charge is 0.822 e. The Morgan fingerprint density at radius 1 is 0.917 bits per heavy atom. The molecule has 0 saturated heterocycles. The van der Waals surface area contributed by atoms with E-state index >= 15 is 0 Å². The Morgan fingerprint density at radius 2 is 0.917 bits per heavy atom. The van der Waals surface area contributed by atoms with Gasteiger partial charge in [0.15, 0.2) is 0 Å². The van der Waals surface area contributed by atoms with Gasteiger partial charge in [-0.05, 0) is 0 Å². The molecule has 0 fully saturated rings. The van der Waals surface area contributed by atoms with Crippen LogP contribution in [0.5, 0.6) is 0 Å². The normalized spacial score (nSPS) is 9.83. The first-order valence-electron chi connectivity index (χ1n) is 1.51. The van der Waals surface area contributed by atoms with Crippen LogP contribution in [0.25, 0.3) is 0 Å². The minimum Gasteiger partial charge on any atom is -0.822 e. The molecular weight excluding hydrogens is 360 g/mol. The number of hydrogen-bond donors (Lipinski definition) is 3. The maximum Gasteiger partial charge on any atom is 3.00 e. The van der Waals surface area contributed by atoms with Gasteiger partial charge in [0.2, 0.25) is 0 Å². The van der Waals surface area contributed by atoms with E-state index in [1.165, 1.54) is 0 Å². The molecule has 0 aromatic carbocycles. The van der Waals surface area contributed by atoms with Crippen molar-refractivity contribution < 1.29 is 74.1 Å². The first-order chi connectivity index (χ1) is 4.00. The average molecular weight is 366 g/mol. The monoisotopic (exact) mass is 366 g/mol. The van der Waals surface area contributed by atoms with Gasteiger partial charge in [-0.3, -0.25) is 0 Å². The number of rotatable bonds is 0. The average Bonchev–Trinajstić information content (AvgIpc) is 1.12. The quantitative estimate of drug-likeness (QED) is 0.369. The maximum absolute atomic E-state index is 8.88. The van der Waals surface area contributed by atoms with Crippen LogP contribution >= 0.6 is 25.5 Å². The Bertz CT molecular complexity index is 127. The molecule has 0 aliphatic carbocycles. The molecule has 0 amide bonds. The maximum atomic E-state index is 8.88. The van der Waals surface area contributed by atoms with Crippen molar-refractivity contribution in [3.8, 4) is 0 Å². The second-order valence-electron chi connectivity index (χ2n) is 0.960. The second-order valence-corrected chi connectivity index (χ2v) is 2.88. The summed E-state index contributed by atoms with van der Waals surface area (Å²) in [6, 6.07) is 0. The first-order valence-corrected chi connectivity index (χ1v) is 4.54. The van der Waals surface area contributed by atoms with Crippen LogP contribution in [-0.4, -0.2) is 14.7 Å². The topological polar surface area (TPSA) is 164 Å². The number of hydrogen-bond acceptors (Lipinski definition) is 5. The molecule has 0 aliphatic heterocycles. The van der Waals surface area contributed by atoms with Gasteiger partial charge in [-0.1, -0.05) is 0 Å². The fraction of sp³-hybridized carbons (Fsp3) is 0. The summed E-state index contributed by atoms with van der Waals surface area (Å²) in [7, 11) is -10.0. The predicted molar refractivity (Wildman–Crippen MR) is 33.0 cm³/mol. The van der Waals surface area contributed by atoms with Crippen molar-refractivity contribution in [2.75, 3.05) is 0 Å². The summed E-state index contributed by atoms with van der Waals surface area (Å²) in [6.45, 7) is 0. The first kappa shape index (κ1) is 23.6. The van der Waals surface area contributed by atoms with E-state index in [9.17, 15) is 0 Å². The second kappa shape index (κ2) is 9.40. The van der Waals surface area contributed by atoms with Crippen molar-refractivity contribution in [2.45, 2.75) is 0 Å². The molecule has 0 spiro atoms. The van der Waals surface area contributed by atoms with E-state index < -0.39 is 15.6 Å². The molecule has 0 heterocycles. The van der Waals surface area contributed by atoms with E-state index in [-0.39, 0.29) is 45.5 Å². The fourth-order valence-electron chi connectivity index (χ4n) is 0. The van der Waals surface area contributed by atoms with Gasteiger partial charge in [0.05, 0.1) is 0 Å². The summed E-state index contributed by atoms with van der Waals surface area (Å²) in [5, 5.41) is 0. The zero-order chi connectivity index (χ0) is 9.00. The molecule has 0 rings (SSSR count). The van der Waals surface area contributed by atoms with Gasteiger partial charge in [-0.2, -0.15) is 17.7 Å². The Kier molecular flexibility index (Phi) is 18.5. The Hall–Kier alpha value is 1.84. The number of phosphoric acid groups is 2. The van der Waals surface area contributed by atoms with Crippen molar-refractivity contribution in [1.29, 1.82) is 0 Å². The summed E-state index contributed by atoms with van der Waals surface area (Å²) >= 11 is 0. The molecule has 0 aromatic rings. The Labute approximate surface area is 99.1 Å². The van der Waals surface area contributed by atoms with Crippen LogP contribution in [0.15, 0.2) is 0 Å². The van der Waals surface area contributed by atoms with Gasteiger partial charge in [0.1, 0.15) is 0 Å².